The van der Waals surface area contributed by atoms with Gasteiger partial charge in [0.15, 0.2) is 5.75 Å². The van der Waals surface area contributed by atoms with E-state index in [0.717, 1.165) is 11.4 Å². The Morgan fingerprint density at radius 1 is 1.47 bits per heavy atom. The summed E-state index contributed by atoms with van der Waals surface area (Å²) in [5.74, 6) is 0.521. The summed E-state index contributed by atoms with van der Waals surface area (Å²) in [6, 6.07) is 7.27. The van der Waals surface area contributed by atoms with Crippen LogP contribution in [0.3, 0.4) is 0 Å². The van der Waals surface area contributed by atoms with Crippen molar-refractivity contribution in [1.82, 2.24) is 9.78 Å². The third-order valence-corrected chi connectivity index (χ3v) is 2.76. The molecule has 1 heterocycles. The summed E-state index contributed by atoms with van der Waals surface area (Å²) in [5, 5.41) is 4.76. The number of rotatable bonds is 3. The highest BCUT2D eigenvalue weighted by Crippen LogP contribution is 2.31. The number of hydrogen-bond acceptors (Lipinski definition) is 3. The molecule has 90 valence electrons. The SMILES string of the molecule is Cc1cc(COc2c(N)cccc2Cl)n(C)n1. The Balaban J connectivity index is 2.15. The van der Waals surface area contributed by atoms with Crippen LogP contribution in [0.5, 0.6) is 5.75 Å². The lowest BCUT2D eigenvalue weighted by Gasteiger charge is -2.10. The molecule has 0 atom stereocenters. The summed E-state index contributed by atoms with van der Waals surface area (Å²) >= 11 is 6.01. The predicted octanol–water partition coefficient (Wildman–Crippen LogP) is 2.54. The van der Waals surface area contributed by atoms with Crippen LogP contribution in [0.2, 0.25) is 5.02 Å². The highest BCUT2D eigenvalue weighted by Gasteiger charge is 2.08. The Bertz CT molecular complexity index is 516. The van der Waals surface area contributed by atoms with Crippen molar-refractivity contribution in [3.05, 3.63) is 40.7 Å². The van der Waals surface area contributed by atoms with Crippen LogP contribution in [-0.2, 0) is 13.7 Å². The first-order chi connectivity index (χ1) is 8.08. The smallest absolute Gasteiger partial charge is 0.161 e. The summed E-state index contributed by atoms with van der Waals surface area (Å²) in [6.45, 7) is 2.33. The molecule has 5 heteroatoms. The van der Waals surface area contributed by atoms with Gasteiger partial charge in [-0.1, -0.05) is 17.7 Å². The Morgan fingerprint density at radius 2 is 2.24 bits per heavy atom. The summed E-state index contributed by atoms with van der Waals surface area (Å²) in [6.07, 6.45) is 0. The van der Waals surface area contributed by atoms with Crippen molar-refractivity contribution in [3.8, 4) is 5.75 Å². The van der Waals surface area contributed by atoms with Gasteiger partial charge in [-0.25, -0.2) is 0 Å². The Kier molecular flexibility index (Phi) is 3.24. The molecule has 1 aromatic heterocycles. The zero-order valence-electron chi connectivity index (χ0n) is 9.77. The molecule has 0 saturated carbocycles. The van der Waals surface area contributed by atoms with Gasteiger partial charge in [0.05, 0.1) is 22.1 Å². The highest BCUT2D eigenvalue weighted by molar-refractivity contribution is 6.32. The molecule has 2 rings (SSSR count). The minimum atomic E-state index is 0.394. The van der Waals surface area contributed by atoms with Gasteiger partial charge in [-0.2, -0.15) is 5.10 Å². The number of ether oxygens (including phenoxy) is 1. The molecule has 0 aliphatic heterocycles. The van der Waals surface area contributed by atoms with Crippen molar-refractivity contribution in [2.45, 2.75) is 13.5 Å². The molecular formula is C12H14ClN3O. The Labute approximate surface area is 105 Å². The number of aryl methyl sites for hydroxylation is 2. The average molecular weight is 252 g/mol. The van der Waals surface area contributed by atoms with Gasteiger partial charge in [-0.3, -0.25) is 4.68 Å². The van der Waals surface area contributed by atoms with Crippen LogP contribution in [0.1, 0.15) is 11.4 Å². The van der Waals surface area contributed by atoms with E-state index < -0.39 is 0 Å². The number of anilines is 1. The molecule has 2 N–H and O–H groups in total. The van der Waals surface area contributed by atoms with Gasteiger partial charge in [0.1, 0.15) is 6.61 Å². The second-order valence-corrected chi connectivity index (χ2v) is 4.25. The summed E-state index contributed by atoms with van der Waals surface area (Å²) < 4.78 is 7.41. The fraction of sp³-hybridized carbons (Fsp3) is 0.250. The number of benzene rings is 1. The van der Waals surface area contributed by atoms with Crippen LogP contribution >= 0.6 is 11.6 Å². The fourth-order valence-corrected chi connectivity index (χ4v) is 1.86. The van der Waals surface area contributed by atoms with E-state index in [2.05, 4.69) is 5.10 Å². The maximum Gasteiger partial charge on any atom is 0.161 e. The number of nitrogens with two attached hydrogens (primary N) is 1. The normalized spacial score (nSPS) is 10.5. The van der Waals surface area contributed by atoms with E-state index in [-0.39, 0.29) is 0 Å². The van der Waals surface area contributed by atoms with Crippen molar-refractivity contribution >= 4 is 17.3 Å². The van der Waals surface area contributed by atoms with Crippen LogP contribution in [0.25, 0.3) is 0 Å². The van der Waals surface area contributed by atoms with Crippen LogP contribution in [0, 0.1) is 6.92 Å². The van der Waals surface area contributed by atoms with Crippen molar-refractivity contribution < 1.29 is 4.74 Å². The largest absolute Gasteiger partial charge is 0.484 e. The van der Waals surface area contributed by atoms with Gasteiger partial charge in [0.2, 0.25) is 0 Å². The van der Waals surface area contributed by atoms with Gasteiger partial charge in [0.25, 0.3) is 0 Å². The first-order valence-electron chi connectivity index (χ1n) is 5.24. The van der Waals surface area contributed by atoms with Crippen molar-refractivity contribution in [2.75, 3.05) is 5.73 Å². The van der Waals surface area contributed by atoms with E-state index >= 15 is 0 Å². The number of nitrogen functional groups attached to an aromatic ring is 1. The molecule has 4 nitrogen and oxygen atoms in total. The van der Waals surface area contributed by atoms with E-state index in [9.17, 15) is 0 Å². The van der Waals surface area contributed by atoms with E-state index in [1.807, 2.05) is 20.0 Å². The third-order valence-electron chi connectivity index (χ3n) is 2.46. The van der Waals surface area contributed by atoms with E-state index in [4.69, 9.17) is 22.1 Å². The summed E-state index contributed by atoms with van der Waals surface area (Å²) in [7, 11) is 1.88. The van der Waals surface area contributed by atoms with Crippen molar-refractivity contribution in [2.24, 2.45) is 7.05 Å². The second kappa shape index (κ2) is 4.67. The van der Waals surface area contributed by atoms with Gasteiger partial charge in [0, 0.05) is 7.05 Å². The van der Waals surface area contributed by atoms with Gasteiger partial charge in [-0.05, 0) is 25.1 Å². The van der Waals surface area contributed by atoms with Crippen LogP contribution in [0.15, 0.2) is 24.3 Å². The third kappa shape index (κ3) is 2.53. The molecular weight excluding hydrogens is 238 g/mol. The number of nitrogens with zero attached hydrogens (tertiary/aromatic N) is 2. The van der Waals surface area contributed by atoms with Gasteiger partial charge >= 0.3 is 0 Å². The van der Waals surface area contributed by atoms with E-state index in [1.54, 1.807) is 22.9 Å². The van der Waals surface area contributed by atoms with Crippen molar-refractivity contribution in [3.63, 3.8) is 0 Å². The molecule has 0 radical (unpaired) electrons. The minimum Gasteiger partial charge on any atom is -0.484 e. The highest BCUT2D eigenvalue weighted by atomic mass is 35.5. The predicted molar refractivity (Wildman–Crippen MR) is 68.1 cm³/mol. The first kappa shape index (κ1) is 11.8. The molecule has 0 amide bonds. The zero-order valence-corrected chi connectivity index (χ0v) is 10.5. The minimum absolute atomic E-state index is 0.394. The van der Waals surface area contributed by atoms with Crippen LogP contribution in [-0.4, -0.2) is 9.78 Å². The summed E-state index contributed by atoms with van der Waals surface area (Å²) in [4.78, 5) is 0. The van der Waals surface area contributed by atoms with E-state index in [1.165, 1.54) is 0 Å². The average Bonchev–Trinajstić information content (AvgIpc) is 2.57. The Hall–Kier alpha value is -1.68. The maximum absolute atomic E-state index is 6.01. The van der Waals surface area contributed by atoms with E-state index in [0.29, 0.717) is 23.1 Å². The molecule has 0 spiro atoms. The first-order valence-corrected chi connectivity index (χ1v) is 5.62. The van der Waals surface area contributed by atoms with Crippen LogP contribution < -0.4 is 10.5 Å². The standard InChI is InChI=1S/C12H14ClN3O/c1-8-6-9(16(2)15-8)7-17-12-10(13)4-3-5-11(12)14/h3-6H,7,14H2,1-2H3. The molecule has 17 heavy (non-hydrogen) atoms. The topological polar surface area (TPSA) is 53.1 Å². The second-order valence-electron chi connectivity index (χ2n) is 3.85. The zero-order chi connectivity index (χ0) is 12.4. The quantitative estimate of drug-likeness (QED) is 0.853. The lowest BCUT2D eigenvalue weighted by Crippen LogP contribution is -2.04. The number of aromatic nitrogens is 2. The maximum atomic E-state index is 6.01. The molecule has 0 unspecified atom stereocenters. The number of para-hydroxylation sites is 1. The van der Waals surface area contributed by atoms with Crippen LogP contribution in [0.4, 0.5) is 5.69 Å². The molecule has 0 bridgehead atoms. The monoisotopic (exact) mass is 251 g/mol. The molecule has 0 saturated heterocycles. The number of hydrogen-bond donors (Lipinski definition) is 1. The Morgan fingerprint density at radius 3 is 2.82 bits per heavy atom. The van der Waals surface area contributed by atoms with Gasteiger partial charge < -0.3 is 10.5 Å². The molecule has 0 fully saturated rings. The van der Waals surface area contributed by atoms with Crippen molar-refractivity contribution in [1.29, 1.82) is 0 Å². The molecule has 0 aliphatic carbocycles. The fourth-order valence-electron chi connectivity index (χ4n) is 1.62. The summed E-state index contributed by atoms with van der Waals surface area (Å²) in [5.41, 5.74) is 8.27. The number of halogens is 1. The van der Waals surface area contributed by atoms with Gasteiger partial charge in [-0.15, -0.1) is 0 Å². The lowest BCUT2D eigenvalue weighted by atomic mass is 10.3. The molecule has 1 aromatic carbocycles. The molecule has 0 aliphatic rings. The molecule has 2 aromatic rings. The lowest BCUT2D eigenvalue weighted by molar-refractivity contribution is 0.296.